The highest BCUT2D eigenvalue weighted by molar-refractivity contribution is 7.88. The Morgan fingerprint density at radius 2 is 1.35 bits per heavy atom. The average molecular weight is 776 g/mol. The summed E-state index contributed by atoms with van der Waals surface area (Å²) < 4.78 is 35.2. The van der Waals surface area contributed by atoms with E-state index in [1.54, 1.807) is 17.3 Å². The summed E-state index contributed by atoms with van der Waals surface area (Å²) in [6, 6.07) is 14.3. The van der Waals surface area contributed by atoms with Crippen LogP contribution in [0.25, 0.3) is 33.6 Å². The number of carbonyl (C=O) groups is 4. The highest BCUT2D eigenvalue weighted by Gasteiger charge is 2.40. The third kappa shape index (κ3) is 8.65. The van der Waals surface area contributed by atoms with Crippen molar-refractivity contribution in [3.8, 4) is 33.6 Å². The molecule has 0 radical (unpaired) electrons. The zero-order valence-electron chi connectivity index (χ0n) is 31.2. The number of rotatable bonds is 11. The van der Waals surface area contributed by atoms with Gasteiger partial charge in [0.25, 0.3) is 0 Å². The van der Waals surface area contributed by atoms with Gasteiger partial charge < -0.3 is 39.9 Å². The monoisotopic (exact) mass is 775 g/mol. The van der Waals surface area contributed by atoms with Gasteiger partial charge in [-0.3, -0.25) is 9.59 Å². The second-order valence-corrected chi connectivity index (χ2v) is 15.8. The maximum Gasteiger partial charge on any atom is 0.407 e. The Bertz CT molecular complexity index is 2130. The van der Waals surface area contributed by atoms with E-state index in [9.17, 15) is 27.6 Å². The summed E-state index contributed by atoms with van der Waals surface area (Å²) in [4.78, 5) is 68.9. The van der Waals surface area contributed by atoms with Gasteiger partial charge in [0.2, 0.25) is 21.8 Å². The van der Waals surface area contributed by atoms with E-state index in [4.69, 9.17) is 4.74 Å². The largest absolute Gasteiger partial charge is 0.453 e. The molecular weight excluding hydrogens is 731 g/mol. The SMILES string of the molecule is COC(=O)NCC(=O)N1CN(S(C)(=O)=O)C[C@H]1c1ncc(-c2ccc(-c3ccc(-c4cnc([C@@H]5CCCN5C(=O)[C@@H](NC(=O)OC)C(C)C)[nH]4)cc3)cc2)[nH]1. The molecule has 0 spiro atoms. The van der Waals surface area contributed by atoms with Crippen LogP contribution in [0.4, 0.5) is 9.59 Å². The average Bonchev–Trinajstić information content (AvgIpc) is 4.01. The molecule has 4 heterocycles. The van der Waals surface area contributed by atoms with Gasteiger partial charge in [-0.25, -0.2) is 28.0 Å². The molecule has 55 heavy (non-hydrogen) atoms. The molecule has 2 aromatic carbocycles. The third-order valence-electron chi connectivity index (χ3n) is 9.90. The maximum atomic E-state index is 13.5. The number of nitrogens with one attached hydrogen (secondary N) is 4. The van der Waals surface area contributed by atoms with Crippen LogP contribution in [0.5, 0.6) is 0 Å². The van der Waals surface area contributed by atoms with Gasteiger partial charge in [0, 0.05) is 13.1 Å². The lowest BCUT2D eigenvalue weighted by atomic mass is 10.0. The number of ether oxygens (including phenoxy) is 2. The van der Waals surface area contributed by atoms with Crippen molar-refractivity contribution in [2.24, 2.45) is 5.92 Å². The molecule has 6 rings (SSSR count). The molecule has 3 atom stereocenters. The number of imidazole rings is 2. The first-order valence-corrected chi connectivity index (χ1v) is 19.6. The molecular formula is C37H45N9O8S. The van der Waals surface area contributed by atoms with Crippen molar-refractivity contribution < 1.29 is 37.1 Å². The molecule has 18 heteroatoms. The number of sulfonamides is 1. The van der Waals surface area contributed by atoms with E-state index in [0.29, 0.717) is 23.9 Å². The number of H-pyrrole nitrogens is 2. The topological polar surface area (TPSA) is 212 Å². The first kappa shape index (κ1) is 39.0. The van der Waals surface area contributed by atoms with E-state index < -0.39 is 40.2 Å². The van der Waals surface area contributed by atoms with Gasteiger partial charge in [-0.1, -0.05) is 62.4 Å². The Kier molecular flexibility index (Phi) is 11.6. The minimum Gasteiger partial charge on any atom is -0.453 e. The van der Waals surface area contributed by atoms with Crippen LogP contribution in [0.15, 0.2) is 60.9 Å². The molecule has 0 aliphatic carbocycles. The normalized spacial score (nSPS) is 18.0. The number of carbonyl (C=O) groups excluding carboxylic acids is 4. The lowest BCUT2D eigenvalue weighted by Gasteiger charge is -2.30. The number of benzene rings is 2. The van der Waals surface area contributed by atoms with Crippen LogP contribution < -0.4 is 10.6 Å². The number of likely N-dealkylation sites (tertiary alicyclic amines) is 1. The van der Waals surface area contributed by atoms with E-state index in [2.05, 4.69) is 35.3 Å². The molecule has 17 nitrogen and oxygen atoms in total. The molecule has 4 N–H and O–H groups in total. The fourth-order valence-corrected chi connectivity index (χ4v) is 7.60. The minimum atomic E-state index is -3.60. The molecule has 2 fully saturated rings. The summed E-state index contributed by atoms with van der Waals surface area (Å²) in [6.45, 7) is 3.81. The van der Waals surface area contributed by atoms with Crippen molar-refractivity contribution >= 4 is 34.0 Å². The first-order valence-electron chi connectivity index (χ1n) is 17.8. The first-order chi connectivity index (χ1) is 26.3. The summed E-state index contributed by atoms with van der Waals surface area (Å²) in [5.41, 5.74) is 5.26. The summed E-state index contributed by atoms with van der Waals surface area (Å²) in [6.07, 6.45) is 4.65. The van der Waals surface area contributed by atoms with Gasteiger partial charge in [-0.05, 0) is 41.0 Å². The number of amides is 4. The Morgan fingerprint density at radius 3 is 1.85 bits per heavy atom. The molecule has 292 valence electrons. The van der Waals surface area contributed by atoms with Crippen molar-refractivity contribution in [1.82, 2.24) is 44.7 Å². The van der Waals surface area contributed by atoms with Gasteiger partial charge in [0.1, 0.15) is 30.3 Å². The molecule has 0 saturated carbocycles. The van der Waals surface area contributed by atoms with E-state index in [-0.39, 0.29) is 37.6 Å². The van der Waals surface area contributed by atoms with E-state index in [0.717, 1.165) is 47.0 Å². The summed E-state index contributed by atoms with van der Waals surface area (Å²) in [5, 5.41) is 5.02. The van der Waals surface area contributed by atoms with Crippen LogP contribution in [0.1, 0.15) is 50.4 Å². The van der Waals surface area contributed by atoms with Gasteiger partial charge in [0.05, 0.1) is 57.0 Å². The van der Waals surface area contributed by atoms with Gasteiger partial charge in [-0.15, -0.1) is 0 Å². The number of alkyl carbamates (subject to hydrolysis) is 2. The predicted molar refractivity (Wildman–Crippen MR) is 201 cm³/mol. The quantitative estimate of drug-likeness (QED) is 0.174. The Hall–Kier alpha value is -5.75. The molecule has 2 aromatic heterocycles. The fraction of sp³-hybridized carbons (Fsp3) is 0.405. The summed E-state index contributed by atoms with van der Waals surface area (Å²) in [5.74, 6) is 0.336. The second-order valence-electron chi connectivity index (χ2n) is 13.8. The highest BCUT2D eigenvalue weighted by Crippen LogP contribution is 2.34. The number of aromatic amines is 2. The van der Waals surface area contributed by atoms with Crippen LogP contribution in [0.3, 0.4) is 0 Å². The molecule has 0 bridgehead atoms. The molecule has 2 saturated heterocycles. The van der Waals surface area contributed by atoms with E-state index in [1.165, 1.54) is 23.4 Å². The number of nitrogens with zero attached hydrogens (tertiary/aromatic N) is 5. The number of methoxy groups -OCH3 is 2. The van der Waals surface area contributed by atoms with Crippen LogP contribution in [-0.2, 0) is 29.1 Å². The molecule has 0 unspecified atom stereocenters. The molecule has 4 amide bonds. The Labute approximate surface area is 318 Å². The number of hydrogen-bond donors (Lipinski definition) is 4. The Morgan fingerprint density at radius 1 is 0.818 bits per heavy atom. The number of aromatic nitrogens is 4. The second kappa shape index (κ2) is 16.3. The predicted octanol–water partition coefficient (Wildman–Crippen LogP) is 3.64. The van der Waals surface area contributed by atoms with Crippen LogP contribution >= 0.6 is 0 Å². The van der Waals surface area contributed by atoms with Crippen molar-refractivity contribution in [3.05, 3.63) is 72.6 Å². The van der Waals surface area contributed by atoms with E-state index >= 15 is 0 Å². The van der Waals surface area contributed by atoms with Gasteiger partial charge in [0.15, 0.2) is 0 Å². The summed E-state index contributed by atoms with van der Waals surface area (Å²) >= 11 is 0. The standard InChI is InChI=1S/C37H45N9O8S/c1-22(2)32(43-37(50)54-4)35(48)45-16-6-7-29(45)33-38-17-27(41-33)25-12-8-23(9-13-25)24-10-14-26(15-11-24)28-18-39-34(42-28)30-20-44(55(5,51)52)21-46(30)31(47)19-40-36(49)53-3/h8-15,17-18,22,29-30,32H,6-7,16,19-21H2,1-5H3,(H,38,41)(H,39,42)(H,40,49)(H,43,50)/t29-,30-,32-/m0/s1. The Balaban J connectivity index is 1.12. The fourth-order valence-electron chi connectivity index (χ4n) is 6.85. The maximum absolute atomic E-state index is 13.5. The smallest absolute Gasteiger partial charge is 0.407 e. The van der Waals surface area contributed by atoms with E-state index in [1.807, 2.05) is 62.4 Å². The van der Waals surface area contributed by atoms with Gasteiger partial charge in [-0.2, -0.15) is 4.31 Å². The van der Waals surface area contributed by atoms with Gasteiger partial charge >= 0.3 is 12.2 Å². The molecule has 2 aliphatic rings. The lowest BCUT2D eigenvalue weighted by Crippen LogP contribution is -2.51. The molecule has 2 aliphatic heterocycles. The summed E-state index contributed by atoms with van der Waals surface area (Å²) in [7, 11) is -1.14. The lowest BCUT2D eigenvalue weighted by molar-refractivity contribution is -0.135. The van der Waals surface area contributed by atoms with Crippen molar-refractivity contribution in [1.29, 1.82) is 0 Å². The number of hydrogen-bond acceptors (Lipinski definition) is 10. The third-order valence-corrected chi connectivity index (χ3v) is 11.1. The zero-order chi connectivity index (χ0) is 39.4. The zero-order valence-corrected chi connectivity index (χ0v) is 32.1. The van der Waals surface area contributed by atoms with Crippen LogP contribution in [0.2, 0.25) is 0 Å². The van der Waals surface area contributed by atoms with Crippen LogP contribution in [-0.4, -0.2) is 119 Å². The highest BCUT2D eigenvalue weighted by atomic mass is 32.2. The van der Waals surface area contributed by atoms with Crippen molar-refractivity contribution in [3.63, 3.8) is 0 Å². The van der Waals surface area contributed by atoms with Crippen molar-refractivity contribution in [2.75, 3.05) is 46.8 Å². The minimum absolute atomic E-state index is 0.0121. The molecule has 4 aromatic rings. The van der Waals surface area contributed by atoms with Crippen molar-refractivity contribution in [2.45, 2.75) is 44.8 Å². The van der Waals surface area contributed by atoms with Crippen LogP contribution in [0, 0.1) is 5.92 Å².